The maximum Gasteiger partial charge on any atom is 0.285 e. The number of amides is 1. The van der Waals surface area contributed by atoms with Crippen LogP contribution >= 0.6 is 22.9 Å². The Balaban J connectivity index is 1.73. The van der Waals surface area contributed by atoms with Gasteiger partial charge in [-0.2, -0.15) is 0 Å². The molecular weight excluding hydrogens is 310 g/mol. The van der Waals surface area contributed by atoms with Crippen LogP contribution in [0.3, 0.4) is 0 Å². The Morgan fingerprint density at radius 2 is 2.14 bits per heavy atom. The zero-order chi connectivity index (χ0) is 14.8. The van der Waals surface area contributed by atoms with E-state index in [0.29, 0.717) is 29.7 Å². The van der Waals surface area contributed by atoms with Crippen molar-refractivity contribution in [2.45, 2.75) is 13.0 Å². The van der Waals surface area contributed by atoms with Crippen molar-refractivity contribution in [1.82, 2.24) is 15.1 Å². The molecule has 21 heavy (non-hydrogen) atoms. The van der Waals surface area contributed by atoms with E-state index in [1.165, 1.54) is 11.3 Å². The first-order valence-electron chi connectivity index (χ1n) is 6.60. The van der Waals surface area contributed by atoms with Crippen LogP contribution < -0.4 is 0 Å². The predicted octanol–water partition coefficient (Wildman–Crippen LogP) is 2.71. The topological polar surface area (TPSA) is 55.3 Å². The van der Waals surface area contributed by atoms with E-state index in [4.69, 9.17) is 16.3 Å². The summed E-state index contributed by atoms with van der Waals surface area (Å²) in [5.74, 6) is -0.0807. The van der Waals surface area contributed by atoms with Gasteiger partial charge in [0.25, 0.3) is 5.91 Å². The van der Waals surface area contributed by atoms with Crippen molar-refractivity contribution in [3.63, 3.8) is 0 Å². The second-order valence-electron chi connectivity index (χ2n) is 4.79. The highest BCUT2D eigenvalue weighted by atomic mass is 35.5. The maximum absolute atomic E-state index is 12.4. The van der Waals surface area contributed by atoms with Crippen LogP contribution in [-0.2, 0) is 4.74 Å². The first-order valence-corrected chi connectivity index (χ1v) is 7.79. The monoisotopic (exact) mass is 323 g/mol. The zero-order valence-corrected chi connectivity index (χ0v) is 13.0. The number of aryl methyl sites for hydroxylation is 1. The third-order valence-electron chi connectivity index (χ3n) is 3.30. The Labute approximate surface area is 131 Å². The number of rotatable bonds is 2. The SMILES string of the molecule is Cc1nnc(C(=O)N2CCO[C@H](c3ccc(Cl)cc3)C2)s1. The van der Waals surface area contributed by atoms with E-state index in [9.17, 15) is 4.79 Å². The van der Waals surface area contributed by atoms with Crippen molar-refractivity contribution in [3.8, 4) is 0 Å². The summed E-state index contributed by atoms with van der Waals surface area (Å²) in [6.07, 6.45) is -0.131. The van der Waals surface area contributed by atoms with E-state index in [0.717, 1.165) is 10.6 Å². The third kappa shape index (κ3) is 3.23. The van der Waals surface area contributed by atoms with Gasteiger partial charge < -0.3 is 9.64 Å². The lowest BCUT2D eigenvalue weighted by atomic mass is 10.1. The average Bonchev–Trinajstić information content (AvgIpc) is 2.94. The molecule has 0 radical (unpaired) electrons. The molecule has 1 aliphatic rings. The lowest BCUT2D eigenvalue weighted by Crippen LogP contribution is -2.42. The van der Waals surface area contributed by atoms with Crippen LogP contribution in [0.4, 0.5) is 0 Å². The molecule has 1 saturated heterocycles. The summed E-state index contributed by atoms with van der Waals surface area (Å²) in [5.41, 5.74) is 1.02. The Morgan fingerprint density at radius 1 is 1.38 bits per heavy atom. The molecule has 3 rings (SSSR count). The molecule has 1 aromatic carbocycles. The predicted molar refractivity (Wildman–Crippen MR) is 80.7 cm³/mol. The van der Waals surface area contributed by atoms with Crippen molar-refractivity contribution in [1.29, 1.82) is 0 Å². The summed E-state index contributed by atoms with van der Waals surface area (Å²) < 4.78 is 5.76. The van der Waals surface area contributed by atoms with E-state index < -0.39 is 0 Å². The standard InChI is InChI=1S/C14H14ClN3O2S/c1-9-16-17-13(21-9)14(19)18-6-7-20-12(8-18)10-2-4-11(15)5-3-10/h2-5,12H,6-8H2,1H3/t12-/m0/s1. The van der Waals surface area contributed by atoms with Gasteiger partial charge in [0.15, 0.2) is 0 Å². The highest BCUT2D eigenvalue weighted by Gasteiger charge is 2.27. The summed E-state index contributed by atoms with van der Waals surface area (Å²) in [4.78, 5) is 14.2. The minimum atomic E-state index is -0.131. The molecule has 0 aliphatic carbocycles. The van der Waals surface area contributed by atoms with Crippen LogP contribution in [0.15, 0.2) is 24.3 Å². The Morgan fingerprint density at radius 3 is 2.81 bits per heavy atom. The number of nitrogens with zero attached hydrogens (tertiary/aromatic N) is 3. The molecule has 7 heteroatoms. The van der Waals surface area contributed by atoms with Gasteiger partial charge in [-0.1, -0.05) is 35.1 Å². The average molecular weight is 324 g/mol. The number of aromatic nitrogens is 2. The zero-order valence-electron chi connectivity index (χ0n) is 11.5. The number of hydrogen-bond acceptors (Lipinski definition) is 5. The quantitative estimate of drug-likeness (QED) is 0.852. The second-order valence-corrected chi connectivity index (χ2v) is 6.41. The van der Waals surface area contributed by atoms with Crippen molar-refractivity contribution >= 4 is 28.8 Å². The van der Waals surface area contributed by atoms with E-state index >= 15 is 0 Å². The van der Waals surface area contributed by atoms with Crippen LogP contribution in [-0.4, -0.2) is 40.7 Å². The minimum absolute atomic E-state index is 0.0807. The van der Waals surface area contributed by atoms with Gasteiger partial charge in [0.2, 0.25) is 5.01 Å². The minimum Gasteiger partial charge on any atom is -0.370 e. The van der Waals surface area contributed by atoms with Crippen LogP contribution in [0.2, 0.25) is 5.02 Å². The van der Waals surface area contributed by atoms with E-state index in [1.54, 1.807) is 4.90 Å². The van der Waals surface area contributed by atoms with Gasteiger partial charge in [-0.25, -0.2) is 0 Å². The number of ether oxygens (including phenoxy) is 1. The molecule has 1 atom stereocenters. The maximum atomic E-state index is 12.4. The Bertz CT molecular complexity index is 644. The fraction of sp³-hybridized carbons (Fsp3) is 0.357. The highest BCUT2D eigenvalue weighted by Crippen LogP contribution is 2.25. The van der Waals surface area contributed by atoms with Gasteiger partial charge in [0.1, 0.15) is 11.1 Å². The number of hydrogen-bond donors (Lipinski definition) is 0. The van der Waals surface area contributed by atoms with Crippen molar-refractivity contribution in [3.05, 3.63) is 44.9 Å². The number of carbonyl (C=O) groups is 1. The van der Waals surface area contributed by atoms with Gasteiger partial charge in [-0.05, 0) is 24.6 Å². The first kappa shape index (κ1) is 14.4. The molecule has 0 bridgehead atoms. The smallest absolute Gasteiger partial charge is 0.285 e. The third-order valence-corrected chi connectivity index (χ3v) is 4.38. The van der Waals surface area contributed by atoms with Gasteiger partial charge in [0.05, 0.1) is 13.2 Å². The van der Waals surface area contributed by atoms with Gasteiger partial charge in [0, 0.05) is 11.6 Å². The lowest BCUT2D eigenvalue weighted by molar-refractivity contribution is -0.0228. The van der Waals surface area contributed by atoms with Gasteiger partial charge in [-0.3, -0.25) is 4.79 Å². The van der Waals surface area contributed by atoms with E-state index in [-0.39, 0.29) is 12.0 Å². The van der Waals surface area contributed by atoms with E-state index in [2.05, 4.69) is 10.2 Å². The molecule has 1 aliphatic heterocycles. The van der Waals surface area contributed by atoms with Crippen LogP contribution in [0.25, 0.3) is 0 Å². The Kier molecular flexibility index (Phi) is 4.19. The molecule has 1 amide bonds. The van der Waals surface area contributed by atoms with Crippen molar-refractivity contribution in [2.75, 3.05) is 19.7 Å². The molecule has 0 spiro atoms. The van der Waals surface area contributed by atoms with Gasteiger partial charge >= 0.3 is 0 Å². The number of carbonyl (C=O) groups excluding carboxylic acids is 1. The summed E-state index contributed by atoms with van der Waals surface area (Å²) >= 11 is 7.21. The largest absolute Gasteiger partial charge is 0.370 e. The summed E-state index contributed by atoms with van der Waals surface area (Å²) in [5, 5.41) is 9.73. The van der Waals surface area contributed by atoms with Gasteiger partial charge in [-0.15, -0.1) is 10.2 Å². The van der Waals surface area contributed by atoms with Crippen LogP contribution in [0.1, 0.15) is 26.5 Å². The summed E-state index contributed by atoms with van der Waals surface area (Å²) in [7, 11) is 0. The highest BCUT2D eigenvalue weighted by molar-refractivity contribution is 7.13. The fourth-order valence-corrected chi connectivity index (χ4v) is 3.02. The number of morpholine rings is 1. The summed E-state index contributed by atoms with van der Waals surface area (Å²) in [6, 6.07) is 7.51. The molecule has 2 heterocycles. The molecule has 1 fully saturated rings. The van der Waals surface area contributed by atoms with E-state index in [1.807, 2.05) is 31.2 Å². The fourth-order valence-electron chi connectivity index (χ4n) is 2.23. The van der Waals surface area contributed by atoms with Crippen LogP contribution in [0, 0.1) is 6.92 Å². The number of benzene rings is 1. The normalized spacial score (nSPS) is 18.8. The summed E-state index contributed by atoms with van der Waals surface area (Å²) in [6.45, 7) is 3.43. The van der Waals surface area contributed by atoms with Crippen molar-refractivity contribution in [2.24, 2.45) is 0 Å². The van der Waals surface area contributed by atoms with Crippen LogP contribution in [0.5, 0.6) is 0 Å². The molecular formula is C14H14ClN3O2S. The van der Waals surface area contributed by atoms with Crippen molar-refractivity contribution < 1.29 is 9.53 Å². The molecule has 110 valence electrons. The lowest BCUT2D eigenvalue weighted by Gasteiger charge is -2.32. The molecule has 0 N–H and O–H groups in total. The molecule has 1 aromatic heterocycles. The Hall–Kier alpha value is -1.50. The molecule has 5 nitrogen and oxygen atoms in total. The molecule has 0 unspecified atom stereocenters. The first-order chi connectivity index (χ1) is 10.1. The second kappa shape index (κ2) is 6.09. The number of halogens is 1. The molecule has 0 saturated carbocycles. The molecule has 2 aromatic rings.